The molecule has 21 heavy (non-hydrogen) atoms. The molecule has 0 aliphatic heterocycles. The second-order valence-corrected chi connectivity index (χ2v) is 6.15. The largest absolute Gasteiger partial charge is 0.481 e. The van der Waals surface area contributed by atoms with Crippen LogP contribution < -0.4 is 10.1 Å². The number of nitrogens with one attached hydrogen (secondary N) is 1. The van der Waals surface area contributed by atoms with E-state index in [1.165, 1.54) is 0 Å². The summed E-state index contributed by atoms with van der Waals surface area (Å²) in [5, 5.41) is 5.15. The third-order valence-electron chi connectivity index (χ3n) is 3.46. The Kier molecular flexibility index (Phi) is 5.23. The van der Waals surface area contributed by atoms with Crippen LogP contribution in [0.4, 0.5) is 0 Å². The molecule has 0 radical (unpaired) electrons. The zero-order chi connectivity index (χ0) is 15.4. The number of rotatable bonds is 5. The van der Waals surface area contributed by atoms with E-state index < -0.39 is 6.10 Å². The molecule has 2 rings (SSSR count). The summed E-state index contributed by atoms with van der Waals surface area (Å²) in [6.45, 7) is 5.79. The molecule has 2 aromatic rings. The van der Waals surface area contributed by atoms with Crippen molar-refractivity contribution < 1.29 is 9.53 Å². The van der Waals surface area contributed by atoms with Crippen molar-refractivity contribution in [3.8, 4) is 5.75 Å². The van der Waals surface area contributed by atoms with E-state index in [2.05, 4.69) is 27.3 Å². The molecular weight excluding hydrogens is 330 g/mol. The van der Waals surface area contributed by atoms with Gasteiger partial charge in [0.05, 0.1) is 0 Å². The minimum absolute atomic E-state index is 0.0831. The smallest absolute Gasteiger partial charge is 0.260 e. The first-order valence-electron chi connectivity index (χ1n) is 7.16. The van der Waals surface area contributed by atoms with Crippen LogP contribution in [-0.4, -0.2) is 18.1 Å². The highest BCUT2D eigenvalue weighted by Crippen LogP contribution is 2.24. The van der Waals surface area contributed by atoms with E-state index >= 15 is 0 Å². The molecule has 2 atom stereocenters. The molecule has 3 nitrogen and oxygen atoms in total. The SMILES string of the molecule is CCC(C)NC(=O)C(C)Oc1ccc2cc(Br)ccc2c1. The van der Waals surface area contributed by atoms with E-state index in [-0.39, 0.29) is 11.9 Å². The molecule has 2 unspecified atom stereocenters. The molecule has 0 aromatic heterocycles. The molecule has 0 aliphatic rings. The van der Waals surface area contributed by atoms with Crippen LogP contribution >= 0.6 is 15.9 Å². The maximum Gasteiger partial charge on any atom is 0.260 e. The molecule has 112 valence electrons. The van der Waals surface area contributed by atoms with Gasteiger partial charge in [-0.05, 0) is 55.3 Å². The monoisotopic (exact) mass is 349 g/mol. The molecule has 4 heteroatoms. The zero-order valence-electron chi connectivity index (χ0n) is 12.5. The highest BCUT2D eigenvalue weighted by Gasteiger charge is 2.16. The average molecular weight is 350 g/mol. The van der Waals surface area contributed by atoms with Crippen molar-refractivity contribution in [3.63, 3.8) is 0 Å². The number of benzene rings is 2. The van der Waals surface area contributed by atoms with Gasteiger partial charge in [-0.25, -0.2) is 0 Å². The first-order chi connectivity index (χ1) is 9.99. The van der Waals surface area contributed by atoms with Gasteiger partial charge in [-0.15, -0.1) is 0 Å². The van der Waals surface area contributed by atoms with Crippen LogP contribution in [0.25, 0.3) is 10.8 Å². The molecule has 2 aromatic carbocycles. The van der Waals surface area contributed by atoms with Crippen molar-refractivity contribution in [1.82, 2.24) is 5.32 Å². The molecule has 0 spiro atoms. The van der Waals surface area contributed by atoms with Crippen LogP contribution in [-0.2, 0) is 4.79 Å². The van der Waals surface area contributed by atoms with E-state index in [0.29, 0.717) is 5.75 Å². The molecule has 0 heterocycles. The van der Waals surface area contributed by atoms with Crippen LogP contribution in [0.1, 0.15) is 27.2 Å². The molecule has 1 N–H and O–H groups in total. The molecule has 0 saturated carbocycles. The normalized spacial score (nSPS) is 13.7. The lowest BCUT2D eigenvalue weighted by molar-refractivity contribution is -0.127. The molecule has 1 amide bonds. The number of hydrogen-bond acceptors (Lipinski definition) is 2. The number of amides is 1. The van der Waals surface area contributed by atoms with Crippen LogP contribution in [0.5, 0.6) is 5.75 Å². The fourth-order valence-electron chi connectivity index (χ4n) is 1.99. The Morgan fingerprint density at radius 3 is 2.57 bits per heavy atom. The van der Waals surface area contributed by atoms with Crippen LogP contribution in [0.2, 0.25) is 0 Å². The number of fused-ring (bicyclic) bond motifs is 1. The second-order valence-electron chi connectivity index (χ2n) is 5.23. The molecular formula is C17H20BrNO2. The number of halogens is 1. The minimum Gasteiger partial charge on any atom is -0.481 e. The van der Waals surface area contributed by atoms with Gasteiger partial charge in [-0.2, -0.15) is 0 Å². The van der Waals surface area contributed by atoms with Gasteiger partial charge in [0.1, 0.15) is 5.75 Å². The molecule has 0 fully saturated rings. The van der Waals surface area contributed by atoms with Gasteiger partial charge in [0, 0.05) is 10.5 Å². The van der Waals surface area contributed by atoms with Crippen molar-refractivity contribution in [3.05, 3.63) is 40.9 Å². The number of hydrogen-bond donors (Lipinski definition) is 1. The minimum atomic E-state index is -0.508. The molecule has 0 bridgehead atoms. The zero-order valence-corrected chi connectivity index (χ0v) is 14.1. The third kappa shape index (κ3) is 4.21. The quantitative estimate of drug-likeness (QED) is 0.874. The lowest BCUT2D eigenvalue weighted by Crippen LogP contribution is -2.40. The Bertz CT molecular complexity index is 642. The number of carbonyl (C=O) groups is 1. The Balaban J connectivity index is 2.08. The maximum atomic E-state index is 12.0. The summed E-state index contributed by atoms with van der Waals surface area (Å²) in [6, 6.07) is 12.1. The predicted molar refractivity (Wildman–Crippen MR) is 89.6 cm³/mol. The van der Waals surface area contributed by atoms with Gasteiger partial charge in [-0.1, -0.05) is 35.0 Å². The first kappa shape index (κ1) is 15.8. The maximum absolute atomic E-state index is 12.0. The first-order valence-corrected chi connectivity index (χ1v) is 7.95. The fraction of sp³-hybridized carbons (Fsp3) is 0.353. The molecule has 0 saturated heterocycles. The van der Waals surface area contributed by atoms with Crippen molar-refractivity contribution in [2.75, 3.05) is 0 Å². The van der Waals surface area contributed by atoms with E-state index in [0.717, 1.165) is 21.7 Å². The fourth-order valence-corrected chi connectivity index (χ4v) is 2.37. The summed E-state index contributed by atoms with van der Waals surface area (Å²) in [6.07, 6.45) is 0.399. The van der Waals surface area contributed by atoms with Gasteiger partial charge in [-0.3, -0.25) is 4.79 Å². The number of ether oxygens (including phenoxy) is 1. The Morgan fingerprint density at radius 2 is 1.86 bits per heavy atom. The summed E-state index contributed by atoms with van der Waals surface area (Å²) in [7, 11) is 0. The summed E-state index contributed by atoms with van der Waals surface area (Å²) in [4.78, 5) is 12.0. The third-order valence-corrected chi connectivity index (χ3v) is 3.95. The van der Waals surface area contributed by atoms with Gasteiger partial charge in [0.2, 0.25) is 0 Å². The van der Waals surface area contributed by atoms with Crippen LogP contribution in [0, 0.1) is 0 Å². The highest BCUT2D eigenvalue weighted by atomic mass is 79.9. The summed E-state index contributed by atoms with van der Waals surface area (Å²) in [5.74, 6) is 0.622. The van der Waals surface area contributed by atoms with E-state index in [1.54, 1.807) is 6.92 Å². The van der Waals surface area contributed by atoms with Gasteiger partial charge < -0.3 is 10.1 Å². The Labute approximate surface area is 133 Å². The van der Waals surface area contributed by atoms with E-state index in [1.807, 2.05) is 44.2 Å². The predicted octanol–water partition coefficient (Wildman–Crippen LogP) is 4.28. The summed E-state index contributed by atoms with van der Waals surface area (Å²) < 4.78 is 6.78. The van der Waals surface area contributed by atoms with Gasteiger partial charge >= 0.3 is 0 Å². The lowest BCUT2D eigenvalue weighted by atomic mass is 10.1. The standard InChI is InChI=1S/C17H20BrNO2/c1-4-11(2)19-17(20)12(3)21-16-8-6-13-9-15(18)7-5-14(13)10-16/h5-12H,4H2,1-3H3,(H,19,20). The number of carbonyl (C=O) groups excluding carboxylic acids is 1. The summed E-state index contributed by atoms with van der Waals surface area (Å²) in [5.41, 5.74) is 0. The van der Waals surface area contributed by atoms with Crippen molar-refractivity contribution >= 4 is 32.6 Å². The second kappa shape index (κ2) is 6.94. The van der Waals surface area contributed by atoms with E-state index in [9.17, 15) is 4.79 Å². The van der Waals surface area contributed by atoms with Crippen molar-refractivity contribution in [2.45, 2.75) is 39.3 Å². The molecule has 0 aliphatic carbocycles. The lowest BCUT2D eigenvalue weighted by Gasteiger charge is -2.18. The summed E-state index contributed by atoms with van der Waals surface area (Å²) >= 11 is 3.46. The van der Waals surface area contributed by atoms with Crippen molar-refractivity contribution in [1.29, 1.82) is 0 Å². The van der Waals surface area contributed by atoms with Gasteiger partial charge in [0.25, 0.3) is 5.91 Å². The Hall–Kier alpha value is -1.55. The van der Waals surface area contributed by atoms with Gasteiger partial charge in [0.15, 0.2) is 6.10 Å². The van der Waals surface area contributed by atoms with Crippen LogP contribution in [0.3, 0.4) is 0 Å². The van der Waals surface area contributed by atoms with Crippen molar-refractivity contribution in [2.24, 2.45) is 0 Å². The highest BCUT2D eigenvalue weighted by molar-refractivity contribution is 9.10. The van der Waals surface area contributed by atoms with Crippen LogP contribution in [0.15, 0.2) is 40.9 Å². The Morgan fingerprint density at radius 1 is 1.19 bits per heavy atom. The topological polar surface area (TPSA) is 38.3 Å². The van der Waals surface area contributed by atoms with E-state index in [4.69, 9.17) is 4.74 Å². The average Bonchev–Trinajstić information content (AvgIpc) is 2.47.